The molecule has 0 spiro atoms. The van der Waals surface area contributed by atoms with Crippen molar-refractivity contribution < 1.29 is 22.5 Å². The molecule has 10 nitrogen and oxygen atoms in total. The van der Waals surface area contributed by atoms with Crippen LogP contribution in [0.4, 0.5) is 10.6 Å². The van der Waals surface area contributed by atoms with Crippen molar-refractivity contribution in [2.24, 2.45) is 5.92 Å². The number of aromatic nitrogens is 1. The largest absolute Gasteiger partial charge is 0.359 e. The second kappa shape index (κ2) is 9.78. The number of sulfonamides is 1. The second-order valence-electron chi connectivity index (χ2n) is 9.74. The van der Waals surface area contributed by atoms with Crippen LogP contribution in [0, 0.1) is 5.92 Å². The Morgan fingerprint density at radius 3 is 2.25 bits per heavy atom. The van der Waals surface area contributed by atoms with Crippen molar-refractivity contribution in [3.63, 3.8) is 0 Å². The molecule has 2 aliphatic heterocycles. The van der Waals surface area contributed by atoms with Crippen molar-refractivity contribution in [1.82, 2.24) is 19.3 Å². The molecule has 2 saturated heterocycles. The molecule has 0 aromatic carbocycles. The van der Waals surface area contributed by atoms with Crippen molar-refractivity contribution in [2.75, 3.05) is 50.8 Å². The lowest BCUT2D eigenvalue weighted by atomic mass is 9.93. The molecule has 11 heteroatoms. The third kappa shape index (κ3) is 6.22. The van der Waals surface area contributed by atoms with Gasteiger partial charge in [0.2, 0.25) is 15.9 Å². The van der Waals surface area contributed by atoms with E-state index in [1.54, 1.807) is 11.0 Å². The molecule has 2 fully saturated rings. The van der Waals surface area contributed by atoms with E-state index in [0.717, 1.165) is 0 Å². The molecular formula is C21H35N5O5S. The zero-order chi connectivity index (χ0) is 23.5. The number of urea groups is 1. The first-order chi connectivity index (χ1) is 14.9. The van der Waals surface area contributed by atoms with Crippen LogP contribution < -0.4 is 5.32 Å². The lowest BCUT2D eigenvalue weighted by molar-refractivity contribution is -0.137. The van der Waals surface area contributed by atoms with E-state index >= 15 is 0 Å². The average molecular weight is 470 g/mol. The third-order valence-electron chi connectivity index (χ3n) is 6.00. The van der Waals surface area contributed by atoms with Gasteiger partial charge in [-0.25, -0.2) is 17.5 Å². The minimum atomic E-state index is -3.29. The van der Waals surface area contributed by atoms with Gasteiger partial charge in [0.1, 0.15) is 5.76 Å². The van der Waals surface area contributed by atoms with E-state index in [1.165, 1.54) is 10.6 Å². The highest BCUT2D eigenvalue weighted by Crippen LogP contribution is 2.25. The van der Waals surface area contributed by atoms with E-state index in [4.69, 9.17) is 4.52 Å². The summed E-state index contributed by atoms with van der Waals surface area (Å²) in [5.74, 6) is 0.827. The van der Waals surface area contributed by atoms with Gasteiger partial charge in [-0.3, -0.25) is 10.1 Å². The maximum atomic E-state index is 13.0. The molecule has 1 unspecified atom stereocenters. The van der Waals surface area contributed by atoms with Crippen LogP contribution in [0.25, 0.3) is 0 Å². The number of nitrogens with one attached hydrogen (secondary N) is 1. The van der Waals surface area contributed by atoms with E-state index in [1.807, 2.05) is 25.7 Å². The van der Waals surface area contributed by atoms with E-state index in [9.17, 15) is 18.0 Å². The Kier molecular flexibility index (Phi) is 7.49. The number of rotatable bonds is 3. The fourth-order valence-electron chi connectivity index (χ4n) is 4.13. The fraction of sp³-hybridized carbons (Fsp3) is 0.762. The molecule has 3 heterocycles. The smallest absolute Gasteiger partial charge is 0.323 e. The number of hydrogen-bond acceptors (Lipinski definition) is 6. The molecule has 180 valence electrons. The highest BCUT2D eigenvalue weighted by Gasteiger charge is 2.33. The Hall–Kier alpha value is -2.14. The molecule has 3 amide bonds. The molecule has 0 bridgehead atoms. The average Bonchev–Trinajstić information content (AvgIpc) is 3.16. The molecule has 1 aromatic rings. The fourth-order valence-corrected chi connectivity index (χ4v) is 5.04. The summed E-state index contributed by atoms with van der Waals surface area (Å²) < 4.78 is 30.4. The van der Waals surface area contributed by atoms with Gasteiger partial charge < -0.3 is 14.3 Å². The topological polar surface area (TPSA) is 116 Å². The maximum Gasteiger partial charge on any atom is 0.323 e. The number of hydrogen-bond donors (Lipinski definition) is 1. The third-order valence-corrected chi connectivity index (χ3v) is 7.27. The summed E-state index contributed by atoms with van der Waals surface area (Å²) in [6, 6.07) is 1.52. The molecule has 0 aliphatic carbocycles. The number of amides is 3. The molecule has 0 radical (unpaired) electrons. The van der Waals surface area contributed by atoms with Crippen LogP contribution in [0.2, 0.25) is 0 Å². The molecule has 1 atom stereocenters. The van der Waals surface area contributed by atoms with Crippen LogP contribution in [-0.2, 0) is 20.2 Å². The van der Waals surface area contributed by atoms with Gasteiger partial charge in [-0.2, -0.15) is 0 Å². The Morgan fingerprint density at radius 2 is 1.69 bits per heavy atom. The molecule has 1 N–H and O–H groups in total. The summed E-state index contributed by atoms with van der Waals surface area (Å²) in [6.45, 7) is 8.93. The molecule has 3 rings (SSSR count). The van der Waals surface area contributed by atoms with Crippen LogP contribution in [0.15, 0.2) is 10.6 Å². The van der Waals surface area contributed by atoms with Crippen LogP contribution >= 0.6 is 0 Å². The number of piperidine rings is 1. The molecular weight excluding hydrogens is 434 g/mol. The van der Waals surface area contributed by atoms with Gasteiger partial charge in [0, 0.05) is 50.7 Å². The van der Waals surface area contributed by atoms with Crippen molar-refractivity contribution in [1.29, 1.82) is 0 Å². The molecule has 32 heavy (non-hydrogen) atoms. The first kappa shape index (κ1) is 24.5. The maximum absolute atomic E-state index is 13.0. The summed E-state index contributed by atoms with van der Waals surface area (Å²) >= 11 is 0. The minimum absolute atomic E-state index is 0.0218. The summed E-state index contributed by atoms with van der Waals surface area (Å²) in [5.41, 5.74) is -0.191. The zero-order valence-electron chi connectivity index (χ0n) is 19.5. The van der Waals surface area contributed by atoms with Gasteiger partial charge in [-0.15, -0.1) is 0 Å². The lowest BCUT2D eigenvalue weighted by Crippen LogP contribution is -2.48. The monoisotopic (exact) mass is 469 g/mol. The number of nitrogens with zero attached hydrogens (tertiary/aromatic N) is 4. The number of carbonyl (C=O) groups excluding carboxylic acids is 2. The van der Waals surface area contributed by atoms with Gasteiger partial charge in [0.25, 0.3) is 0 Å². The Morgan fingerprint density at radius 1 is 1.06 bits per heavy atom. The van der Waals surface area contributed by atoms with Crippen molar-refractivity contribution in [2.45, 2.75) is 51.9 Å². The van der Waals surface area contributed by atoms with Gasteiger partial charge >= 0.3 is 6.03 Å². The number of anilines is 1. The zero-order valence-corrected chi connectivity index (χ0v) is 20.3. The molecule has 2 aliphatic rings. The predicted octanol–water partition coefficient (Wildman–Crippen LogP) is 2.10. The van der Waals surface area contributed by atoms with E-state index < -0.39 is 10.0 Å². The quantitative estimate of drug-likeness (QED) is 0.725. The predicted molar refractivity (Wildman–Crippen MR) is 121 cm³/mol. The van der Waals surface area contributed by atoms with Crippen molar-refractivity contribution in [3.05, 3.63) is 11.8 Å². The molecule has 1 aromatic heterocycles. The summed E-state index contributed by atoms with van der Waals surface area (Å²) in [7, 11) is -3.29. The van der Waals surface area contributed by atoms with Gasteiger partial charge in [-0.05, 0) is 25.7 Å². The summed E-state index contributed by atoms with van der Waals surface area (Å²) in [6.07, 6.45) is 3.93. The number of carbonyl (C=O) groups is 2. The first-order valence-electron chi connectivity index (χ1n) is 11.2. The van der Waals surface area contributed by atoms with Crippen molar-refractivity contribution >= 4 is 27.8 Å². The Labute approximate surface area is 190 Å². The summed E-state index contributed by atoms with van der Waals surface area (Å²) in [4.78, 5) is 29.3. The van der Waals surface area contributed by atoms with Gasteiger partial charge in [-0.1, -0.05) is 25.9 Å². The highest BCUT2D eigenvalue weighted by atomic mass is 32.2. The SMILES string of the molecule is CC(C)(C)c1cc(NC(=O)N2CCCN(C(=O)C3CCCN(S(C)(=O)=O)C3)CCC2)no1. The van der Waals surface area contributed by atoms with E-state index in [-0.39, 0.29) is 29.8 Å². The van der Waals surface area contributed by atoms with Crippen LogP contribution in [0.5, 0.6) is 0 Å². The second-order valence-corrected chi connectivity index (χ2v) is 11.7. The normalized spacial score (nSPS) is 21.7. The van der Waals surface area contributed by atoms with Crippen LogP contribution in [0.3, 0.4) is 0 Å². The van der Waals surface area contributed by atoms with Crippen molar-refractivity contribution in [3.8, 4) is 0 Å². The van der Waals surface area contributed by atoms with Gasteiger partial charge in [0.15, 0.2) is 5.82 Å². The Bertz CT molecular complexity index is 913. The highest BCUT2D eigenvalue weighted by molar-refractivity contribution is 7.88. The standard InChI is InChI=1S/C21H35N5O5S/c1-21(2,3)17-14-18(23-31-17)22-20(28)25-11-6-9-24(10-7-12-25)19(27)16-8-5-13-26(15-16)32(4,29)30/h14,16H,5-13,15H2,1-4H3,(H,22,23,28). The summed E-state index contributed by atoms with van der Waals surface area (Å²) in [5, 5.41) is 6.73. The Balaban J connectivity index is 1.51. The van der Waals surface area contributed by atoms with Crippen LogP contribution in [0.1, 0.15) is 52.2 Å². The van der Waals surface area contributed by atoms with Gasteiger partial charge in [0.05, 0.1) is 12.2 Å². The van der Waals surface area contributed by atoms with E-state index in [2.05, 4.69) is 10.5 Å². The van der Waals surface area contributed by atoms with E-state index in [0.29, 0.717) is 70.0 Å². The minimum Gasteiger partial charge on any atom is -0.359 e. The van der Waals surface area contributed by atoms with Crippen LogP contribution in [-0.4, -0.2) is 85.1 Å². The lowest BCUT2D eigenvalue weighted by Gasteiger charge is -2.35. The first-order valence-corrected chi connectivity index (χ1v) is 13.1. The molecule has 0 saturated carbocycles.